The van der Waals surface area contributed by atoms with Crippen molar-refractivity contribution in [1.82, 2.24) is 10.6 Å². The number of carbonyl (C=O) groups is 2. The maximum Gasteiger partial charge on any atom is 0.251 e. The van der Waals surface area contributed by atoms with Crippen molar-refractivity contribution in [2.45, 2.75) is 0 Å². The Morgan fingerprint density at radius 1 is 0.880 bits per heavy atom. The lowest BCUT2D eigenvalue weighted by Crippen LogP contribution is -2.34. The SMILES string of the molecule is COc1ccc(C(=O)NCCNC(=O)c2cccc(Br)c2)cc1OC. The molecule has 0 aliphatic carbocycles. The normalized spacial score (nSPS) is 10.0. The summed E-state index contributed by atoms with van der Waals surface area (Å²) in [6.45, 7) is 0.636. The first kappa shape index (κ1) is 18.8. The van der Waals surface area contributed by atoms with E-state index in [2.05, 4.69) is 26.6 Å². The van der Waals surface area contributed by atoms with E-state index >= 15 is 0 Å². The van der Waals surface area contributed by atoms with Gasteiger partial charge in [-0.15, -0.1) is 0 Å². The molecule has 0 spiro atoms. The molecule has 0 fully saturated rings. The lowest BCUT2D eigenvalue weighted by molar-refractivity contribution is 0.0927. The standard InChI is InChI=1S/C18H19BrN2O4/c1-24-15-7-6-13(11-16(15)25-2)18(23)21-9-8-20-17(22)12-4-3-5-14(19)10-12/h3-7,10-11H,8-9H2,1-2H3,(H,20,22)(H,21,23). The summed E-state index contributed by atoms with van der Waals surface area (Å²) in [7, 11) is 3.04. The van der Waals surface area contributed by atoms with Crippen LogP contribution in [-0.2, 0) is 0 Å². The minimum Gasteiger partial charge on any atom is -0.493 e. The zero-order chi connectivity index (χ0) is 18.2. The monoisotopic (exact) mass is 406 g/mol. The van der Waals surface area contributed by atoms with E-state index in [1.165, 1.54) is 14.2 Å². The molecule has 25 heavy (non-hydrogen) atoms. The van der Waals surface area contributed by atoms with Crippen LogP contribution in [0.1, 0.15) is 20.7 Å². The third-order valence-electron chi connectivity index (χ3n) is 3.43. The van der Waals surface area contributed by atoms with Crippen molar-refractivity contribution in [2.75, 3.05) is 27.3 Å². The zero-order valence-electron chi connectivity index (χ0n) is 14.0. The highest BCUT2D eigenvalue weighted by atomic mass is 79.9. The third kappa shape index (κ3) is 5.22. The van der Waals surface area contributed by atoms with Gasteiger partial charge in [0.2, 0.25) is 0 Å². The molecule has 2 N–H and O–H groups in total. The van der Waals surface area contributed by atoms with Crippen LogP contribution >= 0.6 is 15.9 Å². The predicted octanol–water partition coefficient (Wildman–Crippen LogP) is 2.63. The smallest absolute Gasteiger partial charge is 0.251 e. The van der Waals surface area contributed by atoms with Crippen LogP contribution in [0.15, 0.2) is 46.9 Å². The third-order valence-corrected chi connectivity index (χ3v) is 3.92. The van der Waals surface area contributed by atoms with Crippen LogP contribution in [0.2, 0.25) is 0 Å². The molecule has 132 valence electrons. The van der Waals surface area contributed by atoms with E-state index in [0.29, 0.717) is 35.7 Å². The molecular weight excluding hydrogens is 388 g/mol. The maximum absolute atomic E-state index is 12.1. The van der Waals surface area contributed by atoms with Gasteiger partial charge >= 0.3 is 0 Å². The molecular formula is C18H19BrN2O4. The van der Waals surface area contributed by atoms with Crippen LogP contribution in [0.5, 0.6) is 11.5 Å². The molecule has 0 atom stereocenters. The van der Waals surface area contributed by atoms with E-state index in [1.54, 1.807) is 36.4 Å². The zero-order valence-corrected chi connectivity index (χ0v) is 15.6. The van der Waals surface area contributed by atoms with Crippen LogP contribution in [0.25, 0.3) is 0 Å². The first-order valence-corrected chi connectivity index (χ1v) is 8.38. The summed E-state index contributed by atoms with van der Waals surface area (Å²) in [5.74, 6) is 0.595. The minimum absolute atomic E-state index is 0.193. The average molecular weight is 407 g/mol. The Labute approximate surface area is 154 Å². The van der Waals surface area contributed by atoms with Crippen molar-refractivity contribution in [1.29, 1.82) is 0 Å². The summed E-state index contributed by atoms with van der Waals surface area (Å²) in [6, 6.07) is 12.0. The Hall–Kier alpha value is -2.54. The van der Waals surface area contributed by atoms with Gasteiger partial charge in [-0.1, -0.05) is 22.0 Å². The van der Waals surface area contributed by atoms with Gasteiger partial charge < -0.3 is 20.1 Å². The van der Waals surface area contributed by atoms with Gasteiger partial charge in [-0.25, -0.2) is 0 Å². The van der Waals surface area contributed by atoms with Crippen molar-refractivity contribution in [3.63, 3.8) is 0 Å². The summed E-state index contributed by atoms with van der Waals surface area (Å²) in [6.07, 6.45) is 0. The van der Waals surface area contributed by atoms with Crippen LogP contribution in [-0.4, -0.2) is 39.1 Å². The molecule has 2 rings (SSSR count). The number of halogens is 1. The molecule has 2 aromatic carbocycles. The highest BCUT2D eigenvalue weighted by Gasteiger charge is 2.10. The predicted molar refractivity (Wildman–Crippen MR) is 98.4 cm³/mol. The second-order valence-electron chi connectivity index (χ2n) is 5.09. The number of hydrogen-bond donors (Lipinski definition) is 2. The quantitative estimate of drug-likeness (QED) is 0.692. The molecule has 6 nitrogen and oxygen atoms in total. The van der Waals surface area contributed by atoms with Crippen LogP contribution < -0.4 is 20.1 Å². The van der Waals surface area contributed by atoms with Gasteiger partial charge in [0, 0.05) is 28.7 Å². The van der Waals surface area contributed by atoms with Gasteiger partial charge in [-0.3, -0.25) is 9.59 Å². The van der Waals surface area contributed by atoms with Gasteiger partial charge in [0.25, 0.3) is 11.8 Å². The topological polar surface area (TPSA) is 76.7 Å². The second kappa shape index (κ2) is 9.08. The van der Waals surface area contributed by atoms with Gasteiger partial charge in [0.1, 0.15) is 0 Å². The fourth-order valence-electron chi connectivity index (χ4n) is 2.16. The van der Waals surface area contributed by atoms with Crippen LogP contribution in [0.3, 0.4) is 0 Å². The van der Waals surface area contributed by atoms with E-state index in [0.717, 1.165) is 4.47 Å². The van der Waals surface area contributed by atoms with Gasteiger partial charge in [0.05, 0.1) is 14.2 Å². The fourth-order valence-corrected chi connectivity index (χ4v) is 2.56. The van der Waals surface area contributed by atoms with Crippen LogP contribution in [0.4, 0.5) is 0 Å². The van der Waals surface area contributed by atoms with Gasteiger partial charge in [-0.05, 0) is 36.4 Å². The molecule has 0 unspecified atom stereocenters. The maximum atomic E-state index is 12.1. The molecule has 7 heteroatoms. The van der Waals surface area contributed by atoms with Crippen LogP contribution in [0, 0.1) is 0 Å². The second-order valence-corrected chi connectivity index (χ2v) is 6.01. The summed E-state index contributed by atoms with van der Waals surface area (Å²) < 4.78 is 11.2. The van der Waals surface area contributed by atoms with Crippen molar-refractivity contribution < 1.29 is 19.1 Å². The molecule has 0 aliphatic rings. The average Bonchev–Trinajstić information content (AvgIpc) is 2.64. The molecule has 0 saturated heterocycles. The molecule has 0 aliphatic heterocycles. The van der Waals surface area contributed by atoms with E-state index < -0.39 is 0 Å². The first-order valence-electron chi connectivity index (χ1n) is 7.59. The molecule has 0 heterocycles. The number of amides is 2. The molecule has 2 aromatic rings. The number of nitrogens with one attached hydrogen (secondary N) is 2. The van der Waals surface area contributed by atoms with Crippen molar-refractivity contribution >= 4 is 27.7 Å². The molecule has 0 aromatic heterocycles. The summed E-state index contributed by atoms with van der Waals surface area (Å²) >= 11 is 3.32. The highest BCUT2D eigenvalue weighted by Crippen LogP contribution is 2.27. The highest BCUT2D eigenvalue weighted by molar-refractivity contribution is 9.10. The summed E-state index contributed by atoms with van der Waals surface area (Å²) in [5.41, 5.74) is 1.01. The van der Waals surface area contributed by atoms with E-state index in [9.17, 15) is 9.59 Å². The largest absolute Gasteiger partial charge is 0.493 e. The van der Waals surface area contributed by atoms with Gasteiger partial charge in [-0.2, -0.15) is 0 Å². The van der Waals surface area contributed by atoms with Crippen molar-refractivity contribution in [3.8, 4) is 11.5 Å². The Balaban J connectivity index is 1.83. The van der Waals surface area contributed by atoms with E-state index in [4.69, 9.17) is 9.47 Å². The first-order chi connectivity index (χ1) is 12.0. The fraction of sp³-hybridized carbons (Fsp3) is 0.222. The molecule has 2 amide bonds. The summed E-state index contributed by atoms with van der Waals surface area (Å²) in [4.78, 5) is 24.1. The Morgan fingerprint density at radius 2 is 1.48 bits per heavy atom. The molecule has 0 radical (unpaired) electrons. The number of carbonyl (C=O) groups excluding carboxylic acids is 2. The summed E-state index contributed by atoms with van der Waals surface area (Å²) in [5, 5.41) is 5.50. The Kier molecular flexibility index (Phi) is 6.82. The Morgan fingerprint density at radius 3 is 2.04 bits per heavy atom. The number of rotatable bonds is 7. The number of methoxy groups -OCH3 is 2. The lowest BCUT2D eigenvalue weighted by atomic mass is 10.2. The lowest BCUT2D eigenvalue weighted by Gasteiger charge is -2.10. The van der Waals surface area contributed by atoms with Crippen molar-refractivity contribution in [3.05, 3.63) is 58.1 Å². The number of hydrogen-bond acceptors (Lipinski definition) is 4. The molecule has 0 saturated carbocycles. The Bertz CT molecular complexity index is 764. The minimum atomic E-state index is -0.252. The number of benzene rings is 2. The van der Waals surface area contributed by atoms with E-state index in [-0.39, 0.29) is 11.8 Å². The van der Waals surface area contributed by atoms with Gasteiger partial charge in [0.15, 0.2) is 11.5 Å². The number of ether oxygens (including phenoxy) is 2. The van der Waals surface area contributed by atoms with Crippen molar-refractivity contribution in [2.24, 2.45) is 0 Å². The van der Waals surface area contributed by atoms with E-state index in [1.807, 2.05) is 6.07 Å². The molecule has 0 bridgehead atoms.